The molecule has 0 saturated carbocycles. The van der Waals surface area contributed by atoms with Gasteiger partial charge in [0.1, 0.15) is 17.4 Å². The number of hydrogen-bond acceptors (Lipinski definition) is 7. The molecule has 2 heterocycles. The lowest BCUT2D eigenvalue weighted by molar-refractivity contribution is -0.0895. The van der Waals surface area contributed by atoms with Gasteiger partial charge >= 0.3 is 6.09 Å². The number of benzene rings is 1. The summed E-state index contributed by atoms with van der Waals surface area (Å²) in [6.45, 7) is 1.66. The van der Waals surface area contributed by atoms with E-state index in [0.29, 0.717) is 36.2 Å². The summed E-state index contributed by atoms with van der Waals surface area (Å²) in [6, 6.07) is 3.79. The highest BCUT2D eigenvalue weighted by molar-refractivity contribution is 7.22. The third-order valence-electron chi connectivity index (χ3n) is 3.31. The Labute approximate surface area is 131 Å². The summed E-state index contributed by atoms with van der Waals surface area (Å²) in [7, 11) is 2.89. The number of carbonyl (C=O) groups is 1. The lowest BCUT2D eigenvalue weighted by atomic mass is 10.1. The molecule has 2 aromatic rings. The lowest BCUT2D eigenvalue weighted by Crippen LogP contribution is -2.21. The van der Waals surface area contributed by atoms with E-state index in [0.717, 1.165) is 10.3 Å². The Bertz CT molecular complexity index is 681. The number of fused-ring (bicyclic) bond motifs is 1. The summed E-state index contributed by atoms with van der Waals surface area (Å²) in [5.41, 5.74) is 1.66. The summed E-state index contributed by atoms with van der Waals surface area (Å²) in [6.07, 6.45) is -0.703. The third kappa shape index (κ3) is 2.85. The number of nitrogens with one attached hydrogen (secondary N) is 1. The van der Waals surface area contributed by atoms with Crippen molar-refractivity contribution in [2.24, 2.45) is 0 Å². The van der Waals surface area contributed by atoms with Crippen LogP contribution in [0.4, 0.5) is 9.93 Å². The van der Waals surface area contributed by atoms with Crippen LogP contribution >= 0.6 is 11.3 Å². The number of amides is 1. The minimum Gasteiger partial charge on any atom is -0.494 e. The van der Waals surface area contributed by atoms with Crippen molar-refractivity contribution in [3.05, 3.63) is 17.7 Å². The van der Waals surface area contributed by atoms with Gasteiger partial charge in [0, 0.05) is 5.56 Å². The number of methoxy groups -OCH3 is 2. The van der Waals surface area contributed by atoms with Crippen LogP contribution in [0.25, 0.3) is 10.2 Å². The van der Waals surface area contributed by atoms with Gasteiger partial charge < -0.3 is 18.9 Å². The summed E-state index contributed by atoms with van der Waals surface area (Å²) in [5.74, 6) is 0.643. The normalized spacial score (nSPS) is 18.2. The zero-order valence-corrected chi connectivity index (χ0v) is 13.1. The molecule has 0 radical (unpaired) electrons. The maximum Gasteiger partial charge on any atom is 0.413 e. The maximum atomic E-state index is 11.4. The van der Waals surface area contributed by atoms with Crippen molar-refractivity contribution in [1.82, 2.24) is 4.98 Å². The van der Waals surface area contributed by atoms with Gasteiger partial charge in [0.15, 0.2) is 5.13 Å². The number of aromatic nitrogens is 1. The van der Waals surface area contributed by atoms with E-state index in [4.69, 9.17) is 14.2 Å². The molecule has 1 saturated heterocycles. The Morgan fingerprint density at radius 2 is 2.27 bits per heavy atom. The fourth-order valence-corrected chi connectivity index (χ4v) is 3.31. The topological polar surface area (TPSA) is 78.9 Å². The van der Waals surface area contributed by atoms with Gasteiger partial charge in [-0.05, 0) is 6.07 Å². The van der Waals surface area contributed by atoms with Crippen molar-refractivity contribution in [2.45, 2.75) is 6.10 Å². The number of hydrogen-bond donors (Lipinski definition) is 1. The van der Waals surface area contributed by atoms with E-state index in [1.54, 1.807) is 7.11 Å². The monoisotopic (exact) mass is 324 g/mol. The summed E-state index contributed by atoms with van der Waals surface area (Å²) >= 11 is 1.35. The van der Waals surface area contributed by atoms with Gasteiger partial charge in [-0.3, -0.25) is 5.32 Å². The standard InChI is InChI=1S/C14H16N2O5S/c1-18-9-4-3-8(10-7-20-5-6-21-10)12-11(9)15-13(22-12)16-14(17)19-2/h3-4,10H,5-7H2,1-2H3,(H,15,16,17). The van der Waals surface area contributed by atoms with Crippen LogP contribution < -0.4 is 10.1 Å². The van der Waals surface area contributed by atoms with Crippen molar-refractivity contribution < 1.29 is 23.7 Å². The van der Waals surface area contributed by atoms with Crippen LogP contribution in [0.3, 0.4) is 0 Å². The predicted octanol–water partition coefficient (Wildman–Crippen LogP) is 2.57. The molecule has 1 N–H and O–H groups in total. The first-order valence-corrected chi connectivity index (χ1v) is 7.56. The molecule has 1 fully saturated rings. The van der Waals surface area contributed by atoms with Crippen LogP contribution in [0.2, 0.25) is 0 Å². The van der Waals surface area contributed by atoms with E-state index in [1.165, 1.54) is 18.4 Å². The number of nitrogens with zero attached hydrogens (tertiary/aromatic N) is 1. The first-order valence-electron chi connectivity index (χ1n) is 6.74. The molecule has 22 heavy (non-hydrogen) atoms. The summed E-state index contributed by atoms with van der Waals surface area (Å²) in [4.78, 5) is 15.8. The molecule has 7 nitrogen and oxygen atoms in total. The van der Waals surface area contributed by atoms with Gasteiger partial charge in [0.25, 0.3) is 0 Å². The molecule has 1 aliphatic heterocycles. The minimum absolute atomic E-state index is 0.145. The molecule has 1 atom stereocenters. The molecule has 1 aromatic carbocycles. The third-order valence-corrected chi connectivity index (χ3v) is 4.33. The first-order chi connectivity index (χ1) is 10.7. The van der Waals surface area contributed by atoms with Crippen molar-refractivity contribution in [3.8, 4) is 5.75 Å². The SMILES string of the molecule is COC(=O)Nc1nc2c(OC)ccc(C3COCCO3)c2s1. The predicted molar refractivity (Wildman–Crippen MR) is 81.7 cm³/mol. The fraction of sp³-hybridized carbons (Fsp3) is 0.429. The van der Waals surface area contributed by atoms with Crippen LogP contribution in [0.15, 0.2) is 12.1 Å². The maximum absolute atomic E-state index is 11.4. The lowest BCUT2D eigenvalue weighted by Gasteiger charge is -2.23. The van der Waals surface area contributed by atoms with Gasteiger partial charge in [-0.1, -0.05) is 17.4 Å². The van der Waals surface area contributed by atoms with Crippen molar-refractivity contribution in [2.75, 3.05) is 39.4 Å². The minimum atomic E-state index is -0.558. The van der Waals surface area contributed by atoms with Crippen LogP contribution in [0.5, 0.6) is 5.75 Å². The van der Waals surface area contributed by atoms with Crippen molar-refractivity contribution >= 4 is 32.8 Å². The van der Waals surface area contributed by atoms with Gasteiger partial charge in [-0.15, -0.1) is 0 Å². The first kappa shape index (κ1) is 15.0. The van der Waals surface area contributed by atoms with Crippen molar-refractivity contribution in [3.63, 3.8) is 0 Å². The fourth-order valence-electron chi connectivity index (χ4n) is 2.28. The Balaban J connectivity index is 2.03. The number of anilines is 1. The Kier molecular flexibility index (Phi) is 4.41. The molecule has 0 bridgehead atoms. The van der Waals surface area contributed by atoms with Gasteiger partial charge in [0.05, 0.1) is 38.7 Å². The molecule has 1 aliphatic rings. The molecule has 1 aromatic heterocycles. The van der Waals surface area contributed by atoms with E-state index in [9.17, 15) is 4.79 Å². The summed E-state index contributed by atoms with van der Waals surface area (Å²) in [5, 5.41) is 3.03. The van der Waals surface area contributed by atoms with E-state index in [-0.39, 0.29) is 6.10 Å². The smallest absolute Gasteiger partial charge is 0.413 e. The second kappa shape index (κ2) is 6.47. The number of rotatable bonds is 3. The quantitative estimate of drug-likeness (QED) is 0.935. The van der Waals surface area contributed by atoms with Crippen LogP contribution in [0, 0.1) is 0 Å². The van der Waals surface area contributed by atoms with E-state index in [1.807, 2.05) is 12.1 Å². The molecule has 1 amide bonds. The van der Waals surface area contributed by atoms with Crippen LogP contribution in [0.1, 0.15) is 11.7 Å². The van der Waals surface area contributed by atoms with E-state index in [2.05, 4.69) is 15.0 Å². The van der Waals surface area contributed by atoms with Crippen molar-refractivity contribution in [1.29, 1.82) is 0 Å². The zero-order chi connectivity index (χ0) is 15.5. The highest BCUT2D eigenvalue weighted by Crippen LogP contribution is 2.38. The number of thiazole rings is 1. The van der Waals surface area contributed by atoms with Gasteiger partial charge in [-0.2, -0.15) is 0 Å². The van der Waals surface area contributed by atoms with E-state index < -0.39 is 6.09 Å². The highest BCUT2D eigenvalue weighted by Gasteiger charge is 2.23. The molecule has 0 aliphatic carbocycles. The molecular formula is C14H16N2O5S. The van der Waals surface area contributed by atoms with Crippen LogP contribution in [-0.4, -0.2) is 45.1 Å². The Morgan fingerprint density at radius 1 is 1.41 bits per heavy atom. The molecular weight excluding hydrogens is 308 g/mol. The van der Waals surface area contributed by atoms with Gasteiger partial charge in [0.2, 0.25) is 0 Å². The average molecular weight is 324 g/mol. The summed E-state index contributed by atoms with van der Waals surface area (Å²) < 4.78 is 22.1. The second-order valence-corrected chi connectivity index (χ2v) is 5.60. The zero-order valence-electron chi connectivity index (χ0n) is 12.3. The Morgan fingerprint density at radius 3 is 2.95 bits per heavy atom. The second-order valence-electron chi connectivity index (χ2n) is 4.60. The Hall–Kier alpha value is -1.90. The molecule has 118 valence electrons. The molecule has 0 spiro atoms. The van der Waals surface area contributed by atoms with Gasteiger partial charge in [-0.25, -0.2) is 9.78 Å². The highest BCUT2D eigenvalue weighted by atomic mass is 32.1. The van der Waals surface area contributed by atoms with E-state index >= 15 is 0 Å². The number of ether oxygens (including phenoxy) is 4. The largest absolute Gasteiger partial charge is 0.494 e. The average Bonchev–Trinajstić information content (AvgIpc) is 2.97. The number of carbonyl (C=O) groups excluding carboxylic acids is 1. The molecule has 1 unspecified atom stereocenters. The van der Waals surface area contributed by atoms with Crippen LogP contribution in [-0.2, 0) is 14.2 Å². The molecule has 8 heteroatoms. The molecule has 3 rings (SSSR count).